The van der Waals surface area contributed by atoms with Gasteiger partial charge < -0.3 is 23.9 Å². The van der Waals surface area contributed by atoms with Gasteiger partial charge in [-0.25, -0.2) is 14.8 Å². The fourth-order valence-corrected chi connectivity index (χ4v) is 5.25. The number of aromatic nitrogens is 3. The maximum absolute atomic E-state index is 13.0. The SMILES string of the molecule is Cn1c(CN2CCC(c3cccc(OCc4ccc(Cl)cc4OC(F)F)n3)CC2)nc2c(OC(F)F)cc(C(=O)O)cc21. The molecular weight excluding hydrogens is 596 g/mol. The third-order valence-corrected chi connectivity index (χ3v) is 7.48. The first kappa shape index (κ1) is 30.4. The molecule has 1 aliphatic rings. The number of hydrogen-bond acceptors (Lipinski definition) is 7. The molecule has 0 radical (unpaired) electrons. The van der Waals surface area contributed by atoms with Gasteiger partial charge in [-0.1, -0.05) is 23.7 Å². The van der Waals surface area contributed by atoms with Crippen molar-refractivity contribution in [2.45, 2.75) is 45.1 Å². The van der Waals surface area contributed by atoms with Crippen molar-refractivity contribution in [3.63, 3.8) is 0 Å². The van der Waals surface area contributed by atoms with Gasteiger partial charge in [-0.2, -0.15) is 17.6 Å². The summed E-state index contributed by atoms with van der Waals surface area (Å²) in [5.74, 6) is -0.526. The minimum Gasteiger partial charge on any atom is -0.478 e. The number of piperidine rings is 1. The van der Waals surface area contributed by atoms with E-state index in [0.717, 1.165) is 24.6 Å². The van der Waals surface area contributed by atoms with Crippen LogP contribution in [0.25, 0.3) is 11.0 Å². The number of likely N-dealkylation sites (tertiary alicyclic amines) is 1. The van der Waals surface area contributed by atoms with E-state index in [0.29, 0.717) is 42.4 Å². The molecule has 0 unspecified atom stereocenters. The van der Waals surface area contributed by atoms with Gasteiger partial charge in [-0.3, -0.25) is 4.90 Å². The number of alkyl halides is 4. The molecule has 1 aliphatic heterocycles. The molecule has 1 saturated heterocycles. The highest BCUT2D eigenvalue weighted by molar-refractivity contribution is 6.30. The van der Waals surface area contributed by atoms with Gasteiger partial charge in [-0.05, 0) is 56.3 Å². The summed E-state index contributed by atoms with van der Waals surface area (Å²) in [6.07, 6.45) is 1.57. The first-order chi connectivity index (χ1) is 20.6. The summed E-state index contributed by atoms with van der Waals surface area (Å²) in [5, 5.41) is 9.66. The quantitative estimate of drug-likeness (QED) is 0.190. The molecule has 4 aromatic rings. The van der Waals surface area contributed by atoms with Crippen molar-refractivity contribution in [1.82, 2.24) is 19.4 Å². The van der Waals surface area contributed by atoms with Gasteiger partial charge in [0.05, 0.1) is 17.6 Å². The third-order valence-electron chi connectivity index (χ3n) is 7.24. The van der Waals surface area contributed by atoms with Gasteiger partial charge in [0.2, 0.25) is 5.88 Å². The lowest BCUT2D eigenvalue weighted by molar-refractivity contribution is -0.0510. The lowest BCUT2D eigenvalue weighted by Gasteiger charge is -2.31. The molecule has 0 saturated carbocycles. The van der Waals surface area contributed by atoms with Crippen LogP contribution in [-0.4, -0.2) is 56.8 Å². The molecule has 2 aromatic heterocycles. The molecule has 228 valence electrons. The Labute approximate surface area is 248 Å². The van der Waals surface area contributed by atoms with Crippen molar-refractivity contribution in [2.24, 2.45) is 7.05 Å². The van der Waals surface area contributed by atoms with E-state index < -0.39 is 19.2 Å². The lowest BCUT2D eigenvalue weighted by Crippen LogP contribution is -2.33. The topological polar surface area (TPSA) is 98.9 Å². The van der Waals surface area contributed by atoms with Crippen LogP contribution >= 0.6 is 11.6 Å². The van der Waals surface area contributed by atoms with Gasteiger partial charge in [0, 0.05) is 35.3 Å². The highest BCUT2D eigenvalue weighted by atomic mass is 35.5. The largest absolute Gasteiger partial charge is 0.478 e. The average Bonchev–Trinajstić information content (AvgIpc) is 3.27. The van der Waals surface area contributed by atoms with Crippen LogP contribution in [0.3, 0.4) is 0 Å². The van der Waals surface area contributed by atoms with Crippen LogP contribution in [0.1, 0.15) is 46.2 Å². The number of nitrogens with zero attached hydrogens (tertiary/aromatic N) is 4. The second kappa shape index (κ2) is 13.0. The van der Waals surface area contributed by atoms with E-state index in [-0.39, 0.29) is 40.1 Å². The van der Waals surface area contributed by atoms with Crippen LogP contribution < -0.4 is 14.2 Å². The van der Waals surface area contributed by atoms with E-state index in [2.05, 4.69) is 24.3 Å². The first-order valence-corrected chi connectivity index (χ1v) is 13.7. The molecule has 14 heteroatoms. The number of hydrogen-bond donors (Lipinski definition) is 1. The molecule has 0 aliphatic carbocycles. The summed E-state index contributed by atoms with van der Waals surface area (Å²) in [5.41, 5.74) is 1.62. The first-order valence-electron chi connectivity index (χ1n) is 13.3. The highest BCUT2D eigenvalue weighted by Crippen LogP contribution is 2.32. The van der Waals surface area contributed by atoms with Crippen LogP contribution in [0.5, 0.6) is 17.4 Å². The predicted octanol–water partition coefficient (Wildman–Crippen LogP) is 6.48. The fraction of sp³-hybridized carbons (Fsp3) is 0.345. The van der Waals surface area contributed by atoms with Crippen molar-refractivity contribution in [3.8, 4) is 17.4 Å². The van der Waals surface area contributed by atoms with Crippen molar-refractivity contribution < 1.29 is 41.7 Å². The number of halogens is 5. The number of carboxylic acids is 1. The minimum absolute atomic E-state index is 0.0375. The fourth-order valence-electron chi connectivity index (χ4n) is 5.09. The molecule has 5 rings (SSSR count). The van der Waals surface area contributed by atoms with E-state index in [9.17, 15) is 27.5 Å². The summed E-state index contributed by atoms with van der Waals surface area (Å²) in [7, 11) is 1.71. The van der Waals surface area contributed by atoms with Crippen molar-refractivity contribution in [2.75, 3.05) is 13.1 Å². The molecule has 3 heterocycles. The Kier molecular flexibility index (Phi) is 9.21. The van der Waals surface area contributed by atoms with Crippen molar-refractivity contribution in [3.05, 3.63) is 76.2 Å². The molecule has 0 spiro atoms. The zero-order chi connectivity index (χ0) is 30.7. The zero-order valence-electron chi connectivity index (χ0n) is 22.9. The molecular formula is C29H27ClF4N4O5. The summed E-state index contributed by atoms with van der Waals surface area (Å²) in [6.45, 7) is -4.31. The molecule has 1 N–H and O–H groups in total. The normalized spacial score (nSPS) is 14.5. The highest BCUT2D eigenvalue weighted by Gasteiger charge is 2.25. The molecule has 0 bridgehead atoms. The summed E-state index contributed by atoms with van der Waals surface area (Å²) < 4.78 is 68.2. The van der Waals surface area contributed by atoms with Gasteiger partial charge in [0.1, 0.15) is 23.7 Å². The smallest absolute Gasteiger partial charge is 0.387 e. The number of pyridine rings is 1. The van der Waals surface area contributed by atoms with E-state index in [1.165, 1.54) is 12.1 Å². The van der Waals surface area contributed by atoms with Crippen molar-refractivity contribution in [1.29, 1.82) is 0 Å². The minimum atomic E-state index is -3.12. The Morgan fingerprint density at radius 1 is 1.02 bits per heavy atom. The molecule has 0 amide bonds. The second-order valence-electron chi connectivity index (χ2n) is 9.98. The van der Waals surface area contributed by atoms with E-state index in [1.807, 2.05) is 12.1 Å². The van der Waals surface area contributed by atoms with E-state index in [4.69, 9.17) is 16.3 Å². The predicted molar refractivity (Wildman–Crippen MR) is 148 cm³/mol. The zero-order valence-corrected chi connectivity index (χ0v) is 23.6. The van der Waals surface area contributed by atoms with Gasteiger partial charge in [0.25, 0.3) is 0 Å². The number of benzene rings is 2. The van der Waals surface area contributed by atoms with Crippen molar-refractivity contribution >= 4 is 28.6 Å². The van der Waals surface area contributed by atoms with Gasteiger partial charge in [0.15, 0.2) is 5.75 Å². The van der Waals surface area contributed by atoms with Crippen LogP contribution in [0.2, 0.25) is 5.02 Å². The second-order valence-corrected chi connectivity index (χ2v) is 10.4. The maximum Gasteiger partial charge on any atom is 0.387 e. The van der Waals surface area contributed by atoms with Crippen LogP contribution in [0, 0.1) is 0 Å². The molecule has 9 nitrogen and oxygen atoms in total. The maximum atomic E-state index is 13.0. The number of rotatable bonds is 11. The summed E-state index contributed by atoms with van der Waals surface area (Å²) in [6, 6.07) is 12.3. The Hall–Kier alpha value is -4.10. The lowest BCUT2D eigenvalue weighted by atomic mass is 9.93. The Bertz CT molecular complexity index is 1610. The Balaban J connectivity index is 1.23. The summed E-state index contributed by atoms with van der Waals surface area (Å²) >= 11 is 5.91. The molecule has 2 aromatic carbocycles. The van der Waals surface area contributed by atoms with E-state index >= 15 is 0 Å². The summed E-state index contributed by atoms with van der Waals surface area (Å²) in [4.78, 5) is 22.8. The van der Waals surface area contributed by atoms with Gasteiger partial charge >= 0.3 is 19.2 Å². The number of carboxylic acid groups (broad SMARTS) is 1. The molecule has 0 atom stereocenters. The number of carbonyl (C=O) groups is 1. The van der Waals surface area contributed by atoms with Gasteiger partial charge in [-0.15, -0.1) is 0 Å². The number of aryl methyl sites for hydroxylation is 1. The monoisotopic (exact) mass is 622 g/mol. The Morgan fingerprint density at radius 3 is 2.44 bits per heavy atom. The number of imidazole rings is 1. The number of aromatic carboxylic acids is 1. The number of fused-ring (bicyclic) bond motifs is 1. The molecule has 43 heavy (non-hydrogen) atoms. The standard InChI is InChI=1S/C29H27ClF4N4O5/c1-37-21-11-18(27(39)40)12-23(43-29(33)34)26(21)36-24(37)14-38-9-7-16(8-10-38)20-3-2-4-25(35-20)41-15-17-5-6-19(30)13-22(17)42-28(31)32/h2-6,11-13,16,28-29H,7-10,14-15H2,1H3,(H,39,40). The van der Waals surface area contributed by atoms with E-state index in [1.54, 1.807) is 29.8 Å². The molecule has 1 fully saturated rings. The number of ether oxygens (including phenoxy) is 3. The van der Waals surface area contributed by atoms with Crippen LogP contribution in [-0.2, 0) is 20.2 Å². The Morgan fingerprint density at radius 2 is 1.74 bits per heavy atom. The third kappa shape index (κ3) is 7.28. The van der Waals surface area contributed by atoms with Crippen LogP contribution in [0.4, 0.5) is 17.6 Å². The average molecular weight is 623 g/mol. The van der Waals surface area contributed by atoms with Crippen LogP contribution in [0.15, 0.2) is 48.5 Å².